The summed E-state index contributed by atoms with van der Waals surface area (Å²) >= 11 is 1.42. The van der Waals surface area contributed by atoms with Gasteiger partial charge in [0.1, 0.15) is 23.8 Å². The zero-order chi connectivity index (χ0) is 32.5. The van der Waals surface area contributed by atoms with Crippen molar-refractivity contribution in [2.24, 2.45) is 4.99 Å². The van der Waals surface area contributed by atoms with Gasteiger partial charge in [-0.1, -0.05) is 0 Å². The van der Waals surface area contributed by atoms with Crippen LogP contribution in [0.2, 0.25) is 0 Å². The summed E-state index contributed by atoms with van der Waals surface area (Å²) in [6, 6.07) is 5.18. The molecule has 0 radical (unpaired) electrons. The number of hydrogen-bond donors (Lipinski definition) is 2. The number of benzene rings is 1. The minimum Gasteiger partial charge on any atom is -0.434 e. The molecule has 4 aliphatic rings. The molecule has 1 fully saturated rings. The molecular formula is C31H34F2N10O3S. The lowest BCUT2D eigenvalue weighted by Crippen LogP contribution is -2.49. The molecule has 0 unspecified atom stereocenters. The molecule has 0 aliphatic carbocycles. The Morgan fingerprint density at radius 3 is 2.85 bits per heavy atom. The number of piperidine rings is 1. The van der Waals surface area contributed by atoms with Crippen molar-refractivity contribution in [2.75, 3.05) is 37.8 Å². The van der Waals surface area contributed by atoms with E-state index in [9.17, 15) is 18.4 Å². The van der Waals surface area contributed by atoms with Gasteiger partial charge in [0.15, 0.2) is 5.82 Å². The predicted molar refractivity (Wildman–Crippen MR) is 171 cm³/mol. The summed E-state index contributed by atoms with van der Waals surface area (Å²) in [5.41, 5.74) is 4.20. The normalized spacial score (nSPS) is 18.2. The maximum atomic E-state index is 13.5. The second-order valence-electron chi connectivity index (χ2n) is 11.5. The van der Waals surface area contributed by atoms with Crippen molar-refractivity contribution >= 4 is 35.5 Å². The van der Waals surface area contributed by atoms with Crippen molar-refractivity contribution < 1.29 is 23.1 Å². The Morgan fingerprint density at radius 1 is 1.19 bits per heavy atom. The topological polar surface area (TPSA) is 125 Å². The van der Waals surface area contributed by atoms with Crippen LogP contribution in [-0.4, -0.2) is 97.3 Å². The number of ether oxygens (including phenoxy) is 1. The van der Waals surface area contributed by atoms with E-state index < -0.39 is 12.5 Å². The number of thioether (sulfide) groups is 1. The number of amides is 2. The maximum absolute atomic E-state index is 13.5. The van der Waals surface area contributed by atoms with Crippen molar-refractivity contribution in [3.8, 4) is 17.0 Å². The van der Waals surface area contributed by atoms with Crippen LogP contribution in [0.3, 0.4) is 0 Å². The molecule has 2 amide bonds. The Bertz CT molecular complexity index is 1760. The first kappa shape index (κ1) is 31.1. The number of aromatic nitrogens is 4. The molecule has 7 rings (SSSR count). The fourth-order valence-corrected chi connectivity index (χ4v) is 6.82. The third-order valence-corrected chi connectivity index (χ3v) is 9.51. The van der Waals surface area contributed by atoms with Crippen LogP contribution in [0.5, 0.6) is 5.75 Å². The van der Waals surface area contributed by atoms with Gasteiger partial charge in [-0.2, -0.15) is 13.9 Å². The van der Waals surface area contributed by atoms with Crippen molar-refractivity contribution in [1.29, 1.82) is 0 Å². The number of allylic oxidation sites excluding steroid dienone is 1. The van der Waals surface area contributed by atoms with Crippen LogP contribution in [0.1, 0.15) is 18.7 Å². The van der Waals surface area contributed by atoms with Gasteiger partial charge < -0.3 is 19.5 Å². The lowest BCUT2D eigenvalue weighted by molar-refractivity contribution is -0.133. The van der Waals surface area contributed by atoms with E-state index in [1.807, 2.05) is 23.5 Å². The number of anilines is 1. The number of halogens is 2. The van der Waals surface area contributed by atoms with Gasteiger partial charge in [0, 0.05) is 80.2 Å². The summed E-state index contributed by atoms with van der Waals surface area (Å²) < 4.78 is 35.3. The van der Waals surface area contributed by atoms with Gasteiger partial charge in [0.25, 0.3) is 5.91 Å². The minimum absolute atomic E-state index is 0.0830. The molecule has 3 aromatic rings. The Hall–Kier alpha value is -4.54. The number of nitrogens with zero attached hydrogens (tertiary/aromatic N) is 8. The minimum atomic E-state index is -3.06. The Labute approximate surface area is 273 Å². The average molecular weight is 665 g/mol. The molecule has 0 bridgehead atoms. The van der Waals surface area contributed by atoms with E-state index in [1.165, 1.54) is 22.5 Å². The second kappa shape index (κ2) is 13.3. The lowest BCUT2D eigenvalue weighted by Gasteiger charge is -2.40. The van der Waals surface area contributed by atoms with Crippen molar-refractivity contribution in [3.63, 3.8) is 0 Å². The van der Waals surface area contributed by atoms with Gasteiger partial charge in [-0.3, -0.25) is 24.2 Å². The monoisotopic (exact) mass is 664 g/mol. The average Bonchev–Trinajstić information content (AvgIpc) is 3.83. The van der Waals surface area contributed by atoms with Gasteiger partial charge in [-0.15, -0.1) is 11.8 Å². The molecule has 0 saturated carbocycles. The quantitative estimate of drug-likeness (QED) is 0.332. The highest BCUT2D eigenvalue weighted by molar-refractivity contribution is 7.98. The molecular weight excluding hydrogens is 630 g/mol. The van der Waals surface area contributed by atoms with E-state index in [0.29, 0.717) is 30.5 Å². The first-order valence-electron chi connectivity index (χ1n) is 15.4. The lowest BCUT2D eigenvalue weighted by atomic mass is 10.0. The second-order valence-corrected chi connectivity index (χ2v) is 12.4. The summed E-state index contributed by atoms with van der Waals surface area (Å²) in [4.78, 5) is 40.9. The number of fused-ring (bicyclic) bond motifs is 2. The third kappa shape index (κ3) is 6.53. The molecule has 47 heavy (non-hydrogen) atoms. The van der Waals surface area contributed by atoms with Crippen LogP contribution >= 0.6 is 11.8 Å². The van der Waals surface area contributed by atoms with Crippen LogP contribution in [0.4, 0.5) is 14.5 Å². The van der Waals surface area contributed by atoms with Crippen LogP contribution in [0.25, 0.3) is 11.3 Å². The third-order valence-electron chi connectivity index (χ3n) is 8.79. The number of imidazole rings is 1. The number of aliphatic imine (C=N–C) groups is 1. The highest BCUT2D eigenvalue weighted by Crippen LogP contribution is 2.38. The first-order valence-corrected chi connectivity index (χ1v) is 16.6. The molecule has 2 N–H and O–H groups in total. The van der Waals surface area contributed by atoms with E-state index in [0.717, 1.165) is 43.2 Å². The van der Waals surface area contributed by atoms with Gasteiger partial charge in [0.05, 0.1) is 17.8 Å². The highest BCUT2D eigenvalue weighted by Gasteiger charge is 2.31. The number of hydrogen-bond acceptors (Lipinski definition) is 10. The maximum Gasteiger partial charge on any atom is 0.387 e. The SMILES string of the molecule is CSc1ccc(OC(F)F)c(-c2nn(CC(=O)N3CCC(N4CCn5ccnc5C4)CC3)cc2NC(=O)C2=C3N=CC=CN3NC2)c1. The van der Waals surface area contributed by atoms with Crippen molar-refractivity contribution in [3.05, 3.63) is 66.3 Å². The van der Waals surface area contributed by atoms with Crippen LogP contribution < -0.4 is 15.5 Å². The summed E-state index contributed by atoms with van der Waals surface area (Å²) in [6.45, 7) is 0.996. The Morgan fingerprint density at radius 2 is 2.04 bits per heavy atom. The highest BCUT2D eigenvalue weighted by atomic mass is 32.2. The molecule has 4 aliphatic heterocycles. The number of rotatable bonds is 9. The molecule has 2 aromatic heterocycles. The van der Waals surface area contributed by atoms with E-state index in [4.69, 9.17) is 4.74 Å². The number of hydrazine groups is 1. The number of carbonyl (C=O) groups is 2. The van der Waals surface area contributed by atoms with Crippen molar-refractivity contribution in [2.45, 2.75) is 50.0 Å². The molecule has 0 spiro atoms. The van der Waals surface area contributed by atoms with E-state index >= 15 is 0 Å². The van der Waals surface area contributed by atoms with Crippen molar-refractivity contribution in [1.82, 2.24) is 39.6 Å². The number of alkyl halides is 2. The van der Waals surface area contributed by atoms with Gasteiger partial charge >= 0.3 is 6.61 Å². The first-order chi connectivity index (χ1) is 22.9. The van der Waals surface area contributed by atoms with Crippen LogP contribution in [0, 0.1) is 0 Å². The number of likely N-dealkylation sites (tertiary alicyclic amines) is 1. The summed E-state index contributed by atoms with van der Waals surface area (Å²) in [5.74, 6) is 0.881. The molecule has 16 heteroatoms. The van der Waals surface area contributed by atoms with Crippen LogP contribution in [-0.2, 0) is 29.2 Å². The fraction of sp³-hybridized carbons (Fsp3) is 0.387. The van der Waals surface area contributed by atoms with Gasteiger partial charge in [-0.05, 0) is 43.4 Å². The van der Waals surface area contributed by atoms with Crippen LogP contribution in [0.15, 0.2) is 70.3 Å². The number of carbonyl (C=O) groups excluding carboxylic acids is 2. The summed E-state index contributed by atoms with van der Waals surface area (Å²) in [5, 5.41) is 9.19. The largest absolute Gasteiger partial charge is 0.434 e. The van der Waals surface area contributed by atoms with Gasteiger partial charge in [0.2, 0.25) is 5.91 Å². The molecule has 6 heterocycles. The zero-order valence-electron chi connectivity index (χ0n) is 25.7. The fourth-order valence-electron chi connectivity index (χ4n) is 6.38. The van der Waals surface area contributed by atoms with Gasteiger partial charge in [-0.25, -0.2) is 15.4 Å². The van der Waals surface area contributed by atoms with E-state index in [-0.39, 0.29) is 41.7 Å². The summed E-state index contributed by atoms with van der Waals surface area (Å²) in [6.07, 6.45) is 14.1. The molecule has 13 nitrogen and oxygen atoms in total. The number of nitrogens with one attached hydrogen (secondary N) is 2. The summed E-state index contributed by atoms with van der Waals surface area (Å²) in [7, 11) is 0. The zero-order valence-corrected chi connectivity index (χ0v) is 26.5. The predicted octanol–water partition coefficient (Wildman–Crippen LogP) is 3.15. The molecule has 246 valence electrons. The molecule has 1 aromatic carbocycles. The Balaban J connectivity index is 1.11. The Kier molecular flexibility index (Phi) is 8.79. The smallest absolute Gasteiger partial charge is 0.387 e. The van der Waals surface area contributed by atoms with E-state index in [2.05, 4.69) is 35.3 Å². The standard InChI is InChI=1S/C31H34F2N10O3S/c1-47-21-3-4-25(46-31(32)33)22(15-21)28-24(37-30(45)23-16-36-43-9-2-7-35-29(23)43)17-42(38-28)19-27(44)40-10-5-20(6-11-40)41-14-13-39-12-8-34-26(39)18-41/h2-4,7-9,12,15,17,20,31,36H,5-6,10-11,13-14,16,18-19H2,1H3,(H,37,45). The molecule has 0 atom stereocenters. The van der Waals surface area contributed by atoms with E-state index in [1.54, 1.807) is 41.8 Å². The molecule has 1 saturated heterocycles.